The van der Waals surface area contributed by atoms with Crippen molar-refractivity contribution >= 4 is 17.7 Å². The first kappa shape index (κ1) is 22.0. The van der Waals surface area contributed by atoms with Crippen LogP contribution in [0.4, 0.5) is 0 Å². The second-order valence-electron chi connectivity index (χ2n) is 11.2. The highest BCUT2D eigenvalue weighted by molar-refractivity contribution is 6.04. The number of hydrogen-bond donors (Lipinski definition) is 2. The van der Waals surface area contributed by atoms with Crippen molar-refractivity contribution in [3.05, 3.63) is 12.2 Å². The molecular weight excluding hydrogens is 416 g/mol. The maximum Gasteiger partial charge on any atom is 0.302 e. The quantitative estimate of drug-likeness (QED) is 0.482. The van der Waals surface area contributed by atoms with Crippen molar-refractivity contribution in [1.29, 1.82) is 0 Å². The van der Waals surface area contributed by atoms with E-state index in [4.69, 9.17) is 14.2 Å². The van der Waals surface area contributed by atoms with Gasteiger partial charge in [-0.2, -0.15) is 0 Å². The Morgan fingerprint density at radius 1 is 1.16 bits per heavy atom. The van der Waals surface area contributed by atoms with Crippen LogP contribution in [0.5, 0.6) is 0 Å². The van der Waals surface area contributed by atoms with Crippen LogP contribution in [0.25, 0.3) is 0 Å². The summed E-state index contributed by atoms with van der Waals surface area (Å²) in [5.74, 6) is -4.89. The van der Waals surface area contributed by atoms with Gasteiger partial charge in [-0.3, -0.25) is 14.4 Å². The number of ketones is 1. The van der Waals surface area contributed by atoms with Crippen LogP contribution in [0.15, 0.2) is 12.2 Å². The number of aliphatic hydroxyl groups is 2. The van der Waals surface area contributed by atoms with Crippen LogP contribution in [-0.4, -0.2) is 58.6 Å². The Kier molecular flexibility index (Phi) is 4.42. The number of esters is 2. The van der Waals surface area contributed by atoms with Crippen molar-refractivity contribution in [2.24, 2.45) is 34.0 Å². The average Bonchev–Trinajstić information content (AvgIpc) is 2.87. The summed E-state index contributed by atoms with van der Waals surface area (Å²) in [6.45, 7) is 10.7. The molecule has 2 N–H and O–H groups in total. The van der Waals surface area contributed by atoms with Gasteiger partial charge in [-0.1, -0.05) is 20.4 Å². The lowest BCUT2D eigenvalue weighted by Crippen LogP contribution is -2.85. The van der Waals surface area contributed by atoms with E-state index in [1.165, 1.54) is 13.8 Å². The van der Waals surface area contributed by atoms with E-state index in [0.717, 1.165) is 0 Å². The second-order valence-corrected chi connectivity index (χ2v) is 11.2. The van der Waals surface area contributed by atoms with Gasteiger partial charge in [0, 0.05) is 31.1 Å². The van der Waals surface area contributed by atoms with Crippen LogP contribution < -0.4 is 0 Å². The van der Waals surface area contributed by atoms with Gasteiger partial charge >= 0.3 is 11.9 Å². The van der Waals surface area contributed by atoms with Crippen LogP contribution in [0.1, 0.15) is 53.4 Å². The molecule has 2 heterocycles. The Labute approximate surface area is 187 Å². The van der Waals surface area contributed by atoms with E-state index in [9.17, 15) is 24.6 Å². The number of carbonyl (C=O) groups is 3. The first-order chi connectivity index (χ1) is 14.8. The standard InChI is InChI=1S/C24H32O8/c1-11-14-8-15(31-12(2)25)17-22-10-30-24(29,23(17,9-14)19(11)27)20(28)18(22)21(4,5)7-6-16(22)32-13(3)26/h14-18,20,28-29H,1,6-10H2,2-5H3/t14-,15-,16+,17+,18-,20+,22+,23+,24-/m1/s1. The van der Waals surface area contributed by atoms with E-state index in [-0.39, 0.29) is 24.7 Å². The monoisotopic (exact) mass is 448 g/mol. The first-order valence-corrected chi connectivity index (χ1v) is 11.5. The van der Waals surface area contributed by atoms with Gasteiger partial charge in [-0.15, -0.1) is 0 Å². The van der Waals surface area contributed by atoms with Crippen molar-refractivity contribution in [1.82, 2.24) is 0 Å². The molecule has 0 radical (unpaired) electrons. The summed E-state index contributed by atoms with van der Waals surface area (Å²) in [5, 5.41) is 23.6. The third kappa shape index (κ3) is 2.31. The number of carbonyl (C=O) groups excluding carboxylic acids is 3. The van der Waals surface area contributed by atoms with E-state index in [1.54, 1.807) is 0 Å². The van der Waals surface area contributed by atoms with Crippen LogP contribution in [0, 0.1) is 34.0 Å². The molecule has 6 fully saturated rings. The number of Topliss-reactive ketones (excluding diaryl/α,β-unsaturated/α-hetero) is 1. The molecule has 0 amide bonds. The van der Waals surface area contributed by atoms with Crippen molar-refractivity contribution in [3.63, 3.8) is 0 Å². The number of hydrogen-bond acceptors (Lipinski definition) is 8. The summed E-state index contributed by atoms with van der Waals surface area (Å²) >= 11 is 0. The molecule has 4 aliphatic carbocycles. The molecule has 8 nitrogen and oxygen atoms in total. The topological polar surface area (TPSA) is 119 Å². The normalized spacial score (nSPS) is 50.4. The molecule has 176 valence electrons. The predicted molar refractivity (Wildman–Crippen MR) is 110 cm³/mol. The summed E-state index contributed by atoms with van der Waals surface area (Å²) in [4.78, 5) is 38.0. The second kappa shape index (κ2) is 6.42. The van der Waals surface area contributed by atoms with E-state index in [1.807, 2.05) is 13.8 Å². The predicted octanol–water partition coefficient (Wildman–Crippen LogP) is 1.52. The third-order valence-electron chi connectivity index (χ3n) is 9.35. The zero-order valence-corrected chi connectivity index (χ0v) is 19.1. The number of rotatable bonds is 2. The average molecular weight is 449 g/mol. The zero-order chi connectivity index (χ0) is 23.4. The molecule has 2 aliphatic heterocycles. The van der Waals surface area contributed by atoms with Crippen molar-refractivity contribution in [2.75, 3.05) is 6.61 Å². The van der Waals surface area contributed by atoms with Crippen LogP contribution in [0.3, 0.4) is 0 Å². The Morgan fingerprint density at radius 3 is 2.44 bits per heavy atom. The molecule has 6 aliphatic rings. The number of allylic oxidation sites excluding steroid dienone is 1. The van der Waals surface area contributed by atoms with Gasteiger partial charge in [0.05, 0.1) is 12.0 Å². The molecule has 8 heteroatoms. The fourth-order valence-electron chi connectivity index (χ4n) is 8.52. The van der Waals surface area contributed by atoms with Gasteiger partial charge in [-0.25, -0.2) is 0 Å². The molecule has 9 atom stereocenters. The maximum absolute atomic E-state index is 13.8. The number of fused-ring (bicyclic) bond motifs is 2. The van der Waals surface area contributed by atoms with Gasteiger partial charge in [0.1, 0.15) is 18.3 Å². The number of aliphatic hydroxyl groups excluding tert-OH is 1. The van der Waals surface area contributed by atoms with Crippen LogP contribution in [0.2, 0.25) is 0 Å². The molecule has 4 saturated carbocycles. The van der Waals surface area contributed by atoms with E-state index < -0.39 is 64.1 Å². The number of ether oxygens (including phenoxy) is 3. The molecule has 6 rings (SSSR count). The Hall–Kier alpha value is -1.77. The summed E-state index contributed by atoms with van der Waals surface area (Å²) in [6.07, 6.45) is -0.844. The minimum Gasteiger partial charge on any atom is -0.462 e. The Morgan fingerprint density at radius 2 is 1.81 bits per heavy atom. The van der Waals surface area contributed by atoms with E-state index in [0.29, 0.717) is 24.8 Å². The summed E-state index contributed by atoms with van der Waals surface area (Å²) in [7, 11) is 0. The third-order valence-corrected chi connectivity index (χ3v) is 9.35. The van der Waals surface area contributed by atoms with Crippen molar-refractivity contribution in [2.45, 2.75) is 77.5 Å². The van der Waals surface area contributed by atoms with Gasteiger partial charge in [0.2, 0.25) is 5.79 Å². The largest absolute Gasteiger partial charge is 0.462 e. The van der Waals surface area contributed by atoms with Crippen molar-refractivity contribution < 1.29 is 38.8 Å². The van der Waals surface area contributed by atoms with E-state index in [2.05, 4.69) is 6.58 Å². The maximum atomic E-state index is 13.8. The molecule has 4 bridgehead atoms. The van der Waals surface area contributed by atoms with Crippen LogP contribution >= 0.6 is 0 Å². The summed E-state index contributed by atoms with van der Waals surface area (Å²) < 4.78 is 17.7. The highest BCUT2D eigenvalue weighted by atomic mass is 16.6. The van der Waals surface area contributed by atoms with E-state index >= 15 is 0 Å². The lowest BCUT2D eigenvalue weighted by Gasteiger charge is -2.74. The molecule has 0 unspecified atom stereocenters. The molecule has 2 saturated heterocycles. The fourth-order valence-corrected chi connectivity index (χ4v) is 8.52. The van der Waals surface area contributed by atoms with Gasteiger partial charge in [0.15, 0.2) is 5.78 Å². The lowest BCUT2D eigenvalue weighted by molar-refractivity contribution is -0.455. The zero-order valence-electron chi connectivity index (χ0n) is 19.1. The van der Waals surface area contributed by atoms with Gasteiger partial charge < -0.3 is 24.4 Å². The highest BCUT2D eigenvalue weighted by Crippen LogP contribution is 2.77. The molecule has 2 spiro atoms. The van der Waals surface area contributed by atoms with Crippen molar-refractivity contribution in [3.8, 4) is 0 Å². The molecular formula is C24H32O8. The smallest absolute Gasteiger partial charge is 0.302 e. The molecule has 0 aromatic rings. The molecule has 0 aromatic heterocycles. The fraction of sp³-hybridized carbons (Fsp3) is 0.792. The Bertz CT molecular complexity index is 925. The van der Waals surface area contributed by atoms with Gasteiger partial charge in [0.25, 0.3) is 0 Å². The highest BCUT2D eigenvalue weighted by Gasteiger charge is 2.86. The Balaban J connectivity index is 1.80. The molecule has 32 heavy (non-hydrogen) atoms. The SMILES string of the molecule is C=C1C(=O)[C@]23C[C@H]1C[C@@H](OC(C)=O)[C@H]2[C@@]12CO[C@]3(O)[C@@H](O)[C@@H]1C(C)(C)CC[C@@H]2OC(C)=O. The lowest BCUT2D eigenvalue weighted by atomic mass is 9.35. The minimum atomic E-state index is -2.13. The van der Waals surface area contributed by atoms with Crippen LogP contribution in [-0.2, 0) is 28.6 Å². The molecule has 0 aromatic carbocycles. The summed E-state index contributed by atoms with van der Waals surface area (Å²) in [5.41, 5.74) is -2.57. The minimum absolute atomic E-state index is 0.00120. The summed E-state index contributed by atoms with van der Waals surface area (Å²) in [6, 6.07) is 0. The van der Waals surface area contributed by atoms with Gasteiger partial charge in [-0.05, 0) is 42.6 Å². The first-order valence-electron chi connectivity index (χ1n) is 11.5.